The van der Waals surface area contributed by atoms with Gasteiger partial charge in [0.15, 0.2) is 0 Å². The molecule has 0 N–H and O–H groups in total. The molecule has 14 heavy (non-hydrogen) atoms. The molecule has 0 aliphatic carbocycles. The second-order valence-corrected chi connectivity index (χ2v) is 3.74. The highest BCUT2D eigenvalue weighted by molar-refractivity contribution is 6.01. The summed E-state index contributed by atoms with van der Waals surface area (Å²) in [6, 6.07) is 8.02. The quantitative estimate of drug-likeness (QED) is 0.610. The topological polar surface area (TPSA) is 36.1 Å². The molecule has 2 rings (SSSR count). The van der Waals surface area contributed by atoms with E-state index >= 15 is 0 Å². The Morgan fingerprint density at radius 2 is 2.29 bits per heavy atom. The van der Waals surface area contributed by atoms with Gasteiger partial charge in [0.05, 0.1) is 11.6 Å². The van der Waals surface area contributed by atoms with Gasteiger partial charge in [-0.3, -0.25) is 4.99 Å². The van der Waals surface area contributed by atoms with Gasteiger partial charge in [0.2, 0.25) is 0 Å². The lowest BCUT2D eigenvalue weighted by atomic mass is 9.89. The fourth-order valence-corrected chi connectivity index (χ4v) is 1.83. The van der Waals surface area contributed by atoms with E-state index in [2.05, 4.69) is 18.0 Å². The Balaban J connectivity index is 2.60. The molecule has 0 bridgehead atoms. The van der Waals surface area contributed by atoms with Crippen LogP contribution < -0.4 is 0 Å². The van der Waals surface area contributed by atoms with E-state index in [9.17, 15) is 0 Å². The fourth-order valence-electron chi connectivity index (χ4n) is 1.83. The molecule has 1 unspecified atom stereocenters. The van der Waals surface area contributed by atoms with Crippen molar-refractivity contribution in [3.8, 4) is 6.07 Å². The SMILES string of the molecule is CC1=NCC(C)c2cc(C#N)ccc21. The Hall–Kier alpha value is -1.62. The van der Waals surface area contributed by atoms with Crippen LogP contribution in [0.2, 0.25) is 0 Å². The van der Waals surface area contributed by atoms with Gasteiger partial charge in [-0.25, -0.2) is 0 Å². The molecule has 70 valence electrons. The predicted octanol–water partition coefficient (Wildman–Crippen LogP) is 2.48. The molecule has 0 aromatic heterocycles. The molecule has 0 amide bonds. The Labute approximate surface area is 83.9 Å². The monoisotopic (exact) mass is 184 g/mol. The van der Waals surface area contributed by atoms with E-state index in [1.165, 1.54) is 11.1 Å². The summed E-state index contributed by atoms with van der Waals surface area (Å²) in [5.41, 5.74) is 4.28. The van der Waals surface area contributed by atoms with Gasteiger partial charge in [-0.05, 0) is 30.2 Å². The zero-order chi connectivity index (χ0) is 10.1. The smallest absolute Gasteiger partial charge is 0.0991 e. The predicted molar refractivity (Wildman–Crippen MR) is 56.7 cm³/mol. The van der Waals surface area contributed by atoms with Crippen molar-refractivity contribution in [3.05, 3.63) is 34.9 Å². The summed E-state index contributed by atoms with van der Waals surface area (Å²) < 4.78 is 0. The molecule has 0 saturated heterocycles. The number of hydrogen-bond acceptors (Lipinski definition) is 2. The molecule has 1 atom stereocenters. The molecular formula is C12H12N2. The van der Waals surface area contributed by atoms with Gasteiger partial charge in [0.25, 0.3) is 0 Å². The second-order valence-electron chi connectivity index (χ2n) is 3.74. The summed E-state index contributed by atoms with van der Waals surface area (Å²) >= 11 is 0. The van der Waals surface area contributed by atoms with Crippen molar-refractivity contribution in [1.29, 1.82) is 5.26 Å². The number of fused-ring (bicyclic) bond motifs is 1. The van der Waals surface area contributed by atoms with Gasteiger partial charge in [0, 0.05) is 18.2 Å². The molecular weight excluding hydrogens is 172 g/mol. The molecule has 2 heteroatoms. The van der Waals surface area contributed by atoms with Crippen LogP contribution in [-0.4, -0.2) is 12.3 Å². The Morgan fingerprint density at radius 3 is 3.00 bits per heavy atom. The maximum atomic E-state index is 8.81. The molecule has 1 aromatic carbocycles. The van der Waals surface area contributed by atoms with Crippen molar-refractivity contribution >= 4 is 5.71 Å². The van der Waals surface area contributed by atoms with Crippen LogP contribution in [-0.2, 0) is 0 Å². The average molecular weight is 184 g/mol. The first-order valence-electron chi connectivity index (χ1n) is 4.78. The van der Waals surface area contributed by atoms with Crippen molar-refractivity contribution < 1.29 is 0 Å². The van der Waals surface area contributed by atoms with Gasteiger partial charge in [-0.2, -0.15) is 5.26 Å². The van der Waals surface area contributed by atoms with E-state index in [4.69, 9.17) is 5.26 Å². The molecule has 1 aliphatic heterocycles. The van der Waals surface area contributed by atoms with Crippen LogP contribution in [0.15, 0.2) is 23.2 Å². The summed E-state index contributed by atoms with van der Waals surface area (Å²) in [4.78, 5) is 4.44. The van der Waals surface area contributed by atoms with Crippen LogP contribution in [0.3, 0.4) is 0 Å². The summed E-state index contributed by atoms with van der Waals surface area (Å²) in [6.07, 6.45) is 0. The third-order valence-corrected chi connectivity index (χ3v) is 2.70. The molecule has 1 heterocycles. The van der Waals surface area contributed by atoms with Crippen LogP contribution in [0.1, 0.15) is 36.5 Å². The lowest BCUT2D eigenvalue weighted by Gasteiger charge is -2.20. The van der Waals surface area contributed by atoms with Crippen LogP contribution in [0, 0.1) is 11.3 Å². The highest BCUT2D eigenvalue weighted by atomic mass is 14.8. The second kappa shape index (κ2) is 3.26. The van der Waals surface area contributed by atoms with Crippen molar-refractivity contribution in [2.45, 2.75) is 19.8 Å². The lowest BCUT2D eigenvalue weighted by molar-refractivity contribution is 0.759. The van der Waals surface area contributed by atoms with Crippen molar-refractivity contribution in [1.82, 2.24) is 0 Å². The summed E-state index contributed by atoms with van der Waals surface area (Å²) in [6.45, 7) is 5.01. The van der Waals surface area contributed by atoms with Gasteiger partial charge in [-0.1, -0.05) is 13.0 Å². The van der Waals surface area contributed by atoms with Crippen molar-refractivity contribution in [3.63, 3.8) is 0 Å². The molecule has 1 aromatic rings. The first-order chi connectivity index (χ1) is 6.72. The fraction of sp³-hybridized carbons (Fsp3) is 0.333. The average Bonchev–Trinajstić information content (AvgIpc) is 2.23. The standard InChI is InChI=1S/C12H12N2/c1-8-7-14-9(2)11-4-3-10(6-13)5-12(8)11/h3-5,8H,7H2,1-2H3. The normalized spacial score (nSPS) is 19.5. The Morgan fingerprint density at radius 1 is 1.50 bits per heavy atom. The number of hydrogen-bond donors (Lipinski definition) is 0. The lowest BCUT2D eigenvalue weighted by Crippen LogP contribution is -2.13. The van der Waals surface area contributed by atoms with E-state index in [0.717, 1.165) is 17.8 Å². The third kappa shape index (κ3) is 1.31. The van der Waals surface area contributed by atoms with E-state index < -0.39 is 0 Å². The minimum Gasteiger partial charge on any atom is -0.289 e. The molecule has 0 spiro atoms. The molecule has 0 fully saturated rings. The summed E-state index contributed by atoms with van der Waals surface area (Å²) in [5.74, 6) is 0.432. The van der Waals surface area contributed by atoms with E-state index in [-0.39, 0.29) is 0 Å². The first kappa shape index (κ1) is 8.96. The largest absolute Gasteiger partial charge is 0.289 e. The number of benzene rings is 1. The van der Waals surface area contributed by atoms with Crippen LogP contribution >= 0.6 is 0 Å². The van der Waals surface area contributed by atoms with Gasteiger partial charge in [-0.15, -0.1) is 0 Å². The van der Waals surface area contributed by atoms with E-state index in [1.807, 2.05) is 25.1 Å². The molecule has 0 radical (unpaired) electrons. The number of nitrogens with zero attached hydrogens (tertiary/aromatic N) is 2. The molecule has 1 aliphatic rings. The number of rotatable bonds is 0. The van der Waals surface area contributed by atoms with Gasteiger partial charge in [0.1, 0.15) is 0 Å². The zero-order valence-electron chi connectivity index (χ0n) is 8.41. The highest BCUT2D eigenvalue weighted by Crippen LogP contribution is 2.26. The molecule has 0 saturated carbocycles. The van der Waals surface area contributed by atoms with Crippen molar-refractivity contribution in [2.75, 3.05) is 6.54 Å². The maximum Gasteiger partial charge on any atom is 0.0991 e. The van der Waals surface area contributed by atoms with Crippen LogP contribution in [0.5, 0.6) is 0 Å². The minimum atomic E-state index is 0.432. The Bertz CT molecular complexity index is 438. The third-order valence-electron chi connectivity index (χ3n) is 2.70. The van der Waals surface area contributed by atoms with Crippen LogP contribution in [0.4, 0.5) is 0 Å². The van der Waals surface area contributed by atoms with Crippen LogP contribution in [0.25, 0.3) is 0 Å². The minimum absolute atomic E-state index is 0.432. The summed E-state index contributed by atoms with van der Waals surface area (Å²) in [5, 5.41) is 8.81. The van der Waals surface area contributed by atoms with Gasteiger partial charge >= 0.3 is 0 Å². The van der Waals surface area contributed by atoms with E-state index in [1.54, 1.807) is 0 Å². The maximum absolute atomic E-state index is 8.81. The first-order valence-corrected chi connectivity index (χ1v) is 4.78. The van der Waals surface area contributed by atoms with Gasteiger partial charge < -0.3 is 0 Å². The Kier molecular flexibility index (Phi) is 2.09. The molecule has 2 nitrogen and oxygen atoms in total. The van der Waals surface area contributed by atoms with E-state index in [0.29, 0.717) is 5.92 Å². The zero-order valence-corrected chi connectivity index (χ0v) is 8.41. The highest BCUT2D eigenvalue weighted by Gasteiger charge is 2.17. The summed E-state index contributed by atoms with van der Waals surface area (Å²) in [7, 11) is 0. The van der Waals surface area contributed by atoms with Crippen molar-refractivity contribution in [2.24, 2.45) is 4.99 Å². The number of aliphatic imine (C=N–C) groups is 1. The number of nitriles is 1.